The minimum absolute atomic E-state index is 0.0775. The molecule has 116 valence electrons. The Labute approximate surface area is 126 Å². The first-order valence-electron chi connectivity index (χ1n) is 6.99. The Morgan fingerprint density at radius 2 is 2.36 bits per heavy atom. The van der Waals surface area contributed by atoms with E-state index in [0.717, 1.165) is 19.4 Å². The van der Waals surface area contributed by atoms with Crippen LogP contribution in [-0.4, -0.2) is 33.9 Å². The number of pyridine rings is 1. The standard InChI is InChI=1S/C14H16FN5O2/c15-12-4-3-9(6-17-12)18-14-11(13(16)21)7-20(19-14)10-2-1-5-22-8-10/h3-4,6-7,10H,1-2,5,8H2,(H2,16,21)(H,18,19). The van der Waals surface area contributed by atoms with Gasteiger partial charge in [-0.1, -0.05) is 0 Å². The summed E-state index contributed by atoms with van der Waals surface area (Å²) in [6.45, 7) is 1.30. The molecule has 1 saturated heterocycles. The first-order chi connectivity index (χ1) is 10.6. The van der Waals surface area contributed by atoms with Gasteiger partial charge in [-0.15, -0.1) is 0 Å². The third-order valence-corrected chi connectivity index (χ3v) is 3.50. The Hall–Kier alpha value is -2.48. The van der Waals surface area contributed by atoms with Crippen molar-refractivity contribution < 1.29 is 13.9 Å². The molecule has 0 aliphatic carbocycles. The van der Waals surface area contributed by atoms with Crippen LogP contribution in [0, 0.1) is 5.95 Å². The van der Waals surface area contributed by atoms with Crippen molar-refractivity contribution in [3.05, 3.63) is 36.0 Å². The van der Waals surface area contributed by atoms with Crippen LogP contribution in [-0.2, 0) is 4.74 Å². The number of ether oxygens (including phenoxy) is 1. The second-order valence-corrected chi connectivity index (χ2v) is 5.10. The number of carbonyl (C=O) groups excluding carboxylic acids is 1. The van der Waals surface area contributed by atoms with Gasteiger partial charge in [0.05, 0.1) is 24.5 Å². The van der Waals surface area contributed by atoms with Crippen molar-refractivity contribution in [3.63, 3.8) is 0 Å². The van der Waals surface area contributed by atoms with Crippen LogP contribution < -0.4 is 11.1 Å². The van der Waals surface area contributed by atoms with Gasteiger partial charge in [-0.05, 0) is 25.0 Å². The smallest absolute Gasteiger partial charge is 0.254 e. The van der Waals surface area contributed by atoms with E-state index >= 15 is 0 Å². The molecule has 1 atom stereocenters. The van der Waals surface area contributed by atoms with Crippen molar-refractivity contribution in [1.82, 2.24) is 14.8 Å². The van der Waals surface area contributed by atoms with Crippen molar-refractivity contribution in [2.75, 3.05) is 18.5 Å². The first-order valence-corrected chi connectivity index (χ1v) is 6.99. The molecule has 1 fully saturated rings. The fraction of sp³-hybridized carbons (Fsp3) is 0.357. The molecule has 3 heterocycles. The average Bonchev–Trinajstić information content (AvgIpc) is 2.95. The van der Waals surface area contributed by atoms with Crippen LogP contribution in [0.3, 0.4) is 0 Å². The summed E-state index contributed by atoms with van der Waals surface area (Å²) in [4.78, 5) is 15.1. The fourth-order valence-electron chi connectivity index (χ4n) is 2.37. The Kier molecular flexibility index (Phi) is 4.01. The molecule has 0 spiro atoms. The molecule has 1 unspecified atom stereocenters. The van der Waals surface area contributed by atoms with E-state index in [4.69, 9.17) is 10.5 Å². The quantitative estimate of drug-likeness (QED) is 0.837. The lowest BCUT2D eigenvalue weighted by Crippen LogP contribution is -2.21. The van der Waals surface area contributed by atoms with Crippen LogP contribution in [0.15, 0.2) is 24.5 Å². The number of carbonyl (C=O) groups is 1. The molecule has 7 nitrogen and oxygen atoms in total. The zero-order valence-corrected chi connectivity index (χ0v) is 11.8. The summed E-state index contributed by atoms with van der Waals surface area (Å²) in [7, 11) is 0. The van der Waals surface area contributed by atoms with Gasteiger partial charge in [0.15, 0.2) is 5.82 Å². The van der Waals surface area contributed by atoms with Gasteiger partial charge in [0.1, 0.15) is 5.56 Å². The number of nitrogens with two attached hydrogens (primary N) is 1. The molecule has 1 aliphatic rings. The van der Waals surface area contributed by atoms with E-state index < -0.39 is 11.9 Å². The molecule has 22 heavy (non-hydrogen) atoms. The van der Waals surface area contributed by atoms with Crippen molar-refractivity contribution in [2.45, 2.75) is 18.9 Å². The number of nitrogens with zero attached hydrogens (tertiary/aromatic N) is 3. The van der Waals surface area contributed by atoms with Gasteiger partial charge in [-0.3, -0.25) is 9.48 Å². The zero-order chi connectivity index (χ0) is 15.5. The predicted molar refractivity (Wildman–Crippen MR) is 77.3 cm³/mol. The number of halogens is 1. The molecule has 8 heteroatoms. The van der Waals surface area contributed by atoms with E-state index in [9.17, 15) is 9.18 Å². The highest BCUT2D eigenvalue weighted by Gasteiger charge is 2.21. The van der Waals surface area contributed by atoms with Crippen molar-refractivity contribution in [3.8, 4) is 0 Å². The Morgan fingerprint density at radius 3 is 3.00 bits per heavy atom. The minimum atomic E-state index is -0.583. The van der Waals surface area contributed by atoms with E-state index in [-0.39, 0.29) is 11.6 Å². The fourth-order valence-corrected chi connectivity index (χ4v) is 2.37. The van der Waals surface area contributed by atoms with Crippen LogP contribution >= 0.6 is 0 Å². The maximum Gasteiger partial charge on any atom is 0.254 e. The summed E-state index contributed by atoms with van der Waals surface area (Å²) in [5.74, 6) is -0.836. The highest BCUT2D eigenvalue weighted by molar-refractivity contribution is 5.98. The highest BCUT2D eigenvalue weighted by atomic mass is 19.1. The Morgan fingerprint density at radius 1 is 1.50 bits per heavy atom. The van der Waals surface area contributed by atoms with Gasteiger partial charge in [0.25, 0.3) is 5.91 Å². The van der Waals surface area contributed by atoms with Crippen LogP contribution in [0.4, 0.5) is 15.9 Å². The molecule has 2 aromatic heterocycles. The van der Waals surface area contributed by atoms with E-state index in [1.54, 1.807) is 10.9 Å². The van der Waals surface area contributed by atoms with Gasteiger partial charge >= 0.3 is 0 Å². The number of hydrogen-bond acceptors (Lipinski definition) is 5. The number of hydrogen-bond donors (Lipinski definition) is 2. The van der Waals surface area contributed by atoms with Gasteiger partial charge in [0, 0.05) is 12.8 Å². The maximum atomic E-state index is 12.8. The van der Waals surface area contributed by atoms with Crippen LogP contribution in [0.25, 0.3) is 0 Å². The monoisotopic (exact) mass is 305 g/mol. The van der Waals surface area contributed by atoms with E-state index in [1.165, 1.54) is 18.3 Å². The normalized spacial score (nSPS) is 18.1. The summed E-state index contributed by atoms with van der Waals surface area (Å²) in [5, 5.41) is 7.31. The lowest BCUT2D eigenvalue weighted by atomic mass is 10.1. The lowest BCUT2D eigenvalue weighted by Gasteiger charge is -2.22. The molecule has 1 amide bonds. The third kappa shape index (κ3) is 3.06. The van der Waals surface area contributed by atoms with Crippen molar-refractivity contribution in [1.29, 1.82) is 0 Å². The minimum Gasteiger partial charge on any atom is -0.379 e. The topological polar surface area (TPSA) is 95.1 Å². The molecule has 0 aromatic carbocycles. The van der Waals surface area contributed by atoms with Crippen LogP contribution in [0.2, 0.25) is 0 Å². The molecule has 0 saturated carbocycles. The predicted octanol–water partition coefficient (Wildman–Crippen LogP) is 1.61. The van der Waals surface area contributed by atoms with Gasteiger partial charge < -0.3 is 15.8 Å². The van der Waals surface area contributed by atoms with Gasteiger partial charge in [0.2, 0.25) is 5.95 Å². The van der Waals surface area contributed by atoms with E-state index in [1.807, 2.05) is 0 Å². The molecule has 3 rings (SSSR count). The largest absolute Gasteiger partial charge is 0.379 e. The SMILES string of the molecule is NC(=O)c1cn(C2CCCOC2)nc1Nc1ccc(F)nc1. The second kappa shape index (κ2) is 6.10. The number of anilines is 2. The number of primary amides is 1. The summed E-state index contributed by atoms with van der Waals surface area (Å²) in [5.41, 5.74) is 6.19. The zero-order valence-electron chi connectivity index (χ0n) is 11.8. The highest BCUT2D eigenvalue weighted by Crippen LogP contribution is 2.24. The Balaban J connectivity index is 1.86. The first kappa shape index (κ1) is 14.5. The van der Waals surface area contributed by atoms with Crippen LogP contribution in [0.5, 0.6) is 0 Å². The van der Waals surface area contributed by atoms with E-state index in [0.29, 0.717) is 18.1 Å². The summed E-state index contributed by atoms with van der Waals surface area (Å²) in [6, 6.07) is 2.81. The molecule has 2 aromatic rings. The third-order valence-electron chi connectivity index (χ3n) is 3.50. The summed E-state index contributed by atoms with van der Waals surface area (Å²) >= 11 is 0. The number of aromatic nitrogens is 3. The number of rotatable bonds is 4. The van der Waals surface area contributed by atoms with Crippen molar-refractivity contribution in [2.24, 2.45) is 5.73 Å². The Bertz CT molecular complexity index is 664. The average molecular weight is 305 g/mol. The molecule has 0 radical (unpaired) electrons. The molecule has 1 aliphatic heterocycles. The van der Waals surface area contributed by atoms with E-state index in [2.05, 4.69) is 15.4 Å². The van der Waals surface area contributed by atoms with Gasteiger partial charge in [-0.25, -0.2) is 4.98 Å². The summed E-state index contributed by atoms with van der Waals surface area (Å²) < 4.78 is 20.0. The van der Waals surface area contributed by atoms with Gasteiger partial charge in [-0.2, -0.15) is 9.49 Å². The molecular weight excluding hydrogens is 289 g/mol. The maximum absolute atomic E-state index is 12.8. The number of nitrogens with one attached hydrogen (secondary N) is 1. The second-order valence-electron chi connectivity index (χ2n) is 5.10. The van der Waals surface area contributed by atoms with Crippen molar-refractivity contribution >= 4 is 17.4 Å². The lowest BCUT2D eigenvalue weighted by molar-refractivity contribution is 0.0550. The number of amides is 1. The summed E-state index contributed by atoms with van der Waals surface area (Å²) in [6.07, 6.45) is 4.81. The van der Waals surface area contributed by atoms with Crippen LogP contribution in [0.1, 0.15) is 29.2 Å². The molecule has 0 bridgehead atoms. The molecule has 3 N–H and O–H groups in total. The molecular formula is C14H16FN5O2.